The lowest BCUT2D eigenvalue weighted by atomic mass is 10.2. The Morgan fingerprint density at radius 3 is 2.50 bits per heavy atom. The average molecular weight is 250 g/mol. The Morgan fingerprint density at radius 1 is 1.33 bits per heavy atom. The van der Waals surface area contributed by atoms with E-state index in [1.165, 1.54) is 0 Å². The Balaban J connectivity index is 2.46. The molecule has 1 aromatic carbocycles. The lowest BCUT2D eigenvalue weighted by Crippen LogP contribution is -2.30. The van der Waals surface area contributed by atoms with Crippen molar-refractivity contribution in [3.63, 3.8) is 0 Å². The molecule has 1 aromatic rings. The molecule has 0 aliphatic rings. The van der Waals surface area contributed by atoms with E-state index < -0.39 is 6.10 Å². The minimum absolute atomic E-state index is 0.0992. The predicted molar refractivity (Wildman–Crippen MR) is 74.4 cm³/mol. The highest BCUT2D eigenvalue weighted by Gasteiger charge is 2.16. The van der Waals surface area contributed by atoms with E-state index in [0.717, 1.165) is 18.5 Å². The number of carbonyl (C=O) groups is 1. The van der Waals surface area contributed by atoms with Crippen molar-refractivity contribution in [2.75, 3.05) is 11.1 Å². The van der Waals surface area contributed by atoms with Gasteiger partial charge in [-0.1, -0.05) is 13.3 Å². The molecule has 2 atom stereocenters. The zero-order valence-electron chi connectivity index (χ0n) is 11.3. The van der Waals surface area contributed by atoms with E-state index in [4.69, 9.17) is 10.5 Å². The van der Waals surface area contributed by atoms with Crippen LogP contribution in [0.5, 0.6) is 0 Å². The maximum atomic E-state index is 11.9. The number of nitrogens with two attached hydrogens (primary N) is 1. The standard InChI is InChI=1S/C14H22N2O2/c1-4-5-10(2)18-11(3)14(17)16-13-8-6-12(15)7-9-13/h6-11H,4-5,15H2,1-3H3,(H,16,17). The van der Waals surface area contributed by atoms with Crippen LogP contribution in [0.25, 0.3) is 0 Å². The van der Waals surface area contributed by atoms with Crippen LogP contribution in [0.1, 0.15) is 33.6 Å². The number of benzene rings is 1. The third-order valence-corrected chi connectivity index (χ3v) is 2.68. The van der Waals surface area contributed by atoms with Crippen LogP contribution in [-0.2, 0) is 9.53 Å². The van der Waals surface area contributed by atoms with Crippen LogP contribution in [0.3, 0.4) is 0 Å². The number of hydrogen-bond acceptors (Lipinski definition) is 3. The van der Waals surface area contributed by atoms with Gasteiger partial charge in [-0.3, -0.25) is 4.79 Å². The highest BCUT2D eigenvalue weighted by Crippen LogP contribution is 2.12. The lowest BCUT2D eigenvalue weighted by molar-refractivity contribution is -0.129. The molecule has 0 saturated heterocycles. The summed E-state index contributed by atoms with van der Waals surface area (Å²) < 4.78 is 5.61. The van der Waals surface area contributed by atoms with E-state index in [1.807, 2.05) is 6.92 Å². The van der Waals surface area contributed by atoms with E-state index >= 15 is 0 Å². The molecule has 4 heteroatoms. The van der Waals surface area contributed by atoms with Crippen molar-refractivity contribution in [2.45, 2.75) is 45.8 Å². The van der Waals surface area contributed by atoms with Gasteiger partial charge in [-0.2, -0.15) is 0 Å². The first-order valence-electron chi connectivity index (χ1n) is 6.34. The summed E-state index contributed by atoms with van der Waals surface area (Å²) in [4.78, 5) is 11.9. The zero-order valence-corrected chi connectivity index (χ0v) is 11.3. The summed E-state index contributed by atoms with van der Waals surface area (Å²) in [7, 11) is 0. The zero-order chi connectivity index (χ0) is 13.5. The summed E-state index contributed by atoms with van der Waals surface area (Å²) in [5.41, 5.74) is 6.98. The van der Waals surface area contributed by atoms with Crippen molar-refractivity contribution in [3.8, 4) is 0 Å². The molecule has 0 aliphatic heterocycles. The number of amides is 1. The predicted octanol–water partition coefficient (Wildman–Crippen LogP) is 2.80. The quantitative estimate of drug-likeness (QED) is 0.763. The van der Waals surface area contributed by atoms with Crippen molar-refractivity contribution >= 4 is 17.3 Å². The summed E-state index contributed by atoms with van der Waals surface area (Å²) in [5, 5.41) is 2.80. The van der Waals surface area contributed by atoms with Gasteiger partial charge in [-0.25, -0.2) is 0 Å². The fraction of sp³-hybridized carbons (Fsp3) is 0.500. The molecular weight excluding hydrogens is 228 g/mol. The minimum Gasteiger partial charge on any atom is -0.399 e. The Labute approximate surface area is 109 Å². The van der Waals surface area contributed by atoms with Crippen molar-refractivity contribution in [1.29, 1.82) is 0 Å². The maximum Gasteiger partial charge on any atom is 0.253 e. The first-order valence-corrected chi connectivity index (χ1v) is 6.34. The van der Waals surface area contributed by atoms with E-state index in [1.54, 1.807) is 31.2 Å². The van der Waals surface area contributed by atoms with Gasteiger partial charge in [0.25, 0.3) is 5.91 Å². The van der Waals surface area contributed by atoms with Gasteiger partial charge in [0.2, 0.25) is 0 Å². The lowest BCUT2D eigenvalue weighted by Gasteiger charge is -2.18. The maximum absolute atomic E-state index is 11.9. The number of nitrogen functional groups attached to an aromatic ring is 1. The molecule has 3 N–H and O–H groups in total. The van der Waals surface area contributed by atoms with Crippen LogP contribution in [0.15, 0.2) is 24.3 Å². The second-order valence-electron chi connectivity index (χ2n) is 4.49. The summed E-state index contributed by atoms with van der Waals surface area (Å²) in [5.74, 6) is -0.136. The SMILES string of the molecule is CCCC(C)OC(C)C(=O)Nc1ccc(N)cc1. The molecule has 0 bridgehead atoms. The van der Waals surface area contributed by atoms with E-state index in [0.29, 0.717) is 5.69 Å². The third kappa shape index (κ3) is 4.75. The second-order valence-corrected chi connectivity index (χ2v) is 4.49. The number of hydrogen-bond donors (Lipinski definition) is 2. The summed E-state index contributed by atoms with van der Waals surface area (Å²) in [6, 6.07) is 7.05. The van der Waals surface area contributed by atoms with Crippen molar-refractivity contribution in [3.05, 3.63) is 24.3 Å². The van der Waals surface area contributed by atoms with Gasteiger partial charge in [0.05, 0.1) is 6.10 Å². The molecule has 0 spiro atoms. The molecule has 0 radical (unpaired) electrons. The Kier molecular flexibility index (Phi) is 5.65. The first kappa shape index (κ1) is 14.5. The molecule has 0 saturated carbocycles. The van der Waals surface area contributed by atoms with Gasteiger partial charge in [-0.05, 0) is 44.5 Å². The van der Waals surface area contributed by atoms with Gasteiger partial charge < -0.3 is 15.8 Å². The van der Waals surface area contributed by atoms with Crippen molar-refractivity contribution in [2.24, 2.45) is 0 Å². The number of nitrogens with one attached hydrogen (secondary N) is 1. The fourth-order valence-corrected chi connectivity index (χ4v) is 1.70. The number of anilines is 2. The molecule has 1 amide bonds. The summed E-state index contributed by atoms with van der Waals surface area (Å²) in [6.07, 6.45) is 1.65. The van der Waals surface area contributed by atoms with Gasteiger partial charge >= 0.3 is 0 Å². The van der Waals surface area contributed by atoms with Crippen LogP contribution >= 0.6 is 0 Å². The Hall–Kier alpha value is -1.55. The van der Waals surface area contributed by atoms with Gasteiger partial charge in [0, 0.05) is 11.4 Å². The molecule has 4 nitrogen and oxygen atoms in total. The van der Waals surface area contributed by atoms with Crippen molar-refractivity contribution < 1.29 is 9.53 Å². The van der Waals surface area contributed by atoms with Crippen LogP contribution in [-0.4, -0.2) is 18.1 Å². The molecule has 1 rings (SSSR count). The minimum atomic E-state index is -0.455. The fourth-order valence-electron chi connectivity index (χ4n) is 1.70. The average Bonchev–Trinajstić information content (AvgIpc) is 2.32. The molecule has 0 aliphatic carbocycles. The Morgan fingerprint density at radius 2 is 1.94 bits per heavy atom. The van der Waals surface area contributed by atoms with Crippen LogP contribution in [0.4, 0.5) is 11.4 Å². The van der Waals surface area contributed by atoms with Crippen molar-refractivity contribution in [1.82, 2.24) is 0 Å². The van der Waals surface area contributed by atoms with Gasteiger partial charge in [0.15, 0.2) is 0 Å². The van der Waals surface area contributed by atoms with Crippen LogP contribution in [0, 0.1) is 0 Å². The largest absolute Gasteiger partial charge is 0.399 e. The summed E-state index contributed by atoms with van der Waals surface area (Å²) in [6.45, 7) is 5.84. The third-order valence-electron chi connectivity index (χ3n) is 2.68. The molecule has 2 unspecified atom stereocenters. The molecule has 0 fully saturated rings. The van der Waals surface area contributed by atoms with E-state index in [2.05, 4.69) is 12.2 Å². The monoisotopic (exact) mass is 250 g/mol. The molecule has 0 heterocycles. The van der Waals surface area contributed by atoms with Crippen LogP contribution < -0.4 is 11.1 Å². The normalized spacial score (nSPS) is 13.9. The highest BCUT2D eigenvalue weighted by molar-refractivity contribution is 5.94. The summed E-state index contributed by atoms with van der Waals surface area (Å²) >= 11 is 0. The first-order chi connectivity index (χ1) is 8.52. The second kappa shape index (κ2) is 7.01. The smallest absolute Gasteiger partial charge is 0.253 e. The Bertz CT molecular complexity index is 376. The molecular formula is C14H22N2O2. The number of rotatable bonds is 6. The van der Waals surface area contributed by atoms with E-state index in [9.17, 15) is 4.79 Å². The van der Waals surface area contributed by atoms with E-state index in [-0.39, 0.29) is 12.0 Å². The molecule has 100 valence electrons. The van der Waals surface area contributed by atoms with Crippen LogP contribution in [0.2, 0.25) is 0 Å². The molecule has 0 aromatic heterocycles. The van der Waals surface area contributed by atoms with Gasteiger partial charge in [-0.15, -0.1) is 0 Å². The number of carbonyl (C=O) groups excluding carboxylic acids is 1. The van der Waals surface area contributed by atoms with Gasteiger partial charge in [0.1, 0.15) is 6.10 Å². The molecule has 18 heavy (non-hydrogen) atoms. The topological polar surface area (TPSA) is 64.3 Å². The highest BCUT2D eigenvalue weighted by atomic mass is 16.5. The number of ether oxygens (including phenoxy) is 1.